The molecule has 7 nitrogen and oxygen atoms in total. The van der Waals surface area contributed by atoms with E-state index < -0.39 is 5.97 Å². The molecule has 7 heteroatoms. The number of rotatable bonds is 4. The molecule has 2 aromatic rings. The predicted molar refractivity (Wildman–Crippen MR) is 61.3 cm³/mol. The topological polar surface area (TPSA) is 85.7 Å². The van der Waals surface area contributed by atoms with E-state index in [-0.39, 0.29) is 0 Å². The lowest BCUT2D eigenvalue weighted by Gasteiger charge is -2.01. The average molecular weight is 247 g/mol. The summed E-state index contributed by atoms with van der Waals surface area (Å²) in [6.07, 6.45) is 4.77. The molecule has 1 fully saturated rings. The summed E-state index contributed by atoms with van der Waals surface area (Å²) >= 11 is 0. The van der Waals surface area contributed by atoms with E-state index in [9.17, 15) is 4.79 Å². The van der Waals surface area contributed by atoms with E-state index in [0.717, 1.165) is 12.1 Å². The maximum Gasteiger partial charge on any atom is 0.358 e. The van der Waals surface area contributed by atoms with Crippen LogP contribution in [0.1, 0.15) is 29.0 Å². The first-order chi connectivity index (χ1) is 8.78. The number of carbonyl (C=O) groups is 1. The van der Waals surface area contributed by atoms with Crippen molar-refractivity contribution in [2.24, 2.45) is 5.92 Å². The Labute approximate surface area is 103 Å². The molecule has 2 aromatic heterocycles. The third-order valence-electron chi connectivity index (χ3n) is 2.98. The van der Waals surface area contributed by atoms with Crippen LogP contribution in [0.4, 0.5) is 0 Å². The second-order valence-corrected chi connectivity index (χ2v) is 4.38. The summed E-state index contributed by atoms with van der Waals surface area (Å²) in [6, 6.07) is 1.76. The molecule has 0 radical (unpaired) electrons. The quantitative estimate of drug-likeness (QED) is 0.805. The fourth-order valence-corrected chi connectivity index (χ4v) is 1.87. The van der Waals surface area contributed by atoms with Gasteiger partial charge in [0.05, 0.1) is 7.11 Å². The zero-order valence-electron chi connectivity index (χ0n) is 9.96. The molecule has 0 atom stereocenters. The van der Waals surface area contributed by atoms with Crippen molar-refractivity contribution in [3.8, 4) is 5.95 Å². The average Bonchev–Trinajstić information content (AvgIpc) is 2.89. The minimum Gasteiger partial charge on any atom is -0.464 e. The van der Waals surface area contributed by atoms with Gasteiger partial charge in [-0.05, 0) is 31.2 Å². The van der Waals surface area contributed by atoms with Gasteiger partial charge in [-0.2, -0.15) is 15.2 Å². The highest BCUT2D eigenvalue weighted by Crippen LogP contribution is 2.33. The summed E-state index contributed by atoms with van der Waals surface area (Å²) < 4.78 is 6.30. The van der Waals surface area contributed by atoms with Crippen molar-refractivity contribution < 1.29 is 9.53 Å². The number of methoxy groups -OCH3 is 1. The third kappa shape index (κ3) is 1.99. The lowest BCUT2D eigenvalue weighted by atomic mass is 10.2. The molecule has 0 amide bonds. The fourth-order valence-electron chi connectivity index (χ4n) is 1.87. The predicted octanol–water partition coefficient (Wildman–Crippen LogP) is 0.729. The molecule has 1 saturated carbocycles. The number of esters is 1. The largest absolute Gasteiger partial charge is 0.464 e. The Morgan fingerprint density at radius 1 is 1.61 bits per heavy atom. The highest BCUT2D eigenvalue weighted by Gasteiger charge is 2.26. The van der Waals surface area contributed by atoms with Gasteiger partial charge in [0.15, 0.2) is 5.69 Å². The van der Waals surface area contributed by atoms with E-state index in [0.29, 0.717) is 17.6 Å². The molecule has 0 aliphatic heterocycles. The molecule has 1 aliphatic rings. The zero-order chi connectivity index (χ0) is 12.5. The van der Waals surface area contributed by atoms with Crippen molar-refractivity contribution in [2.75, 3.05) is 7.11 Å². The number of hydrogen-bond acceptors (Lipinski definition) is 5. The van der Waals surface area contributed by atoms with Gasteiger partial charge in [0.25, 0.3) is 0 Å². The van der Waals surface area contributed by atoms with Crippen molar-refractivity contribution in [2.45, 2.75) is 19.3 Å². The normalized spacial score (nSPS) is 14.7. The standard InChI is InChI=1S/C11H13N5O2/c1-18-10(17)9-5-8(4-7-2-3-7)16(15-9)11-12-6-13-14-11/h5-7H,2-4H2,1H3,(H,12,13,14). The fraction of sp³-hybridized carbons (Fsp3) is 0.455. The highest BCUT2D eigenvalue weighted by atomic mass is 16.5. The van der Waals surface area contributed by atoms with Crippen LogP contribution >= 0.6 is 0 Å². The van der Waals surface area contributed by atoms with Crippen LogP contribution < -0.4 is 0 Å². The number of carbonyl (C=O) groups excluding carboxylic acids is 1. The van der Waals surface area contributed by atoms with Crippen LogP contribution in [0, 0.1) is 5.92 Å². The van der Waals surface area contributed by atoms with Crippen LogP contribution in [0.25, 0.3) is 5.95 Å². The molecule has 1 N–H and O–H groups in total. The Bertz CT molecular complexity index is 556. The summed E-state index contributed by atoms with van der Waals surface area (Å²) in [4.78, 5) is 15.6. The molecule has 1 aliphatic carbocycles. The Morgan fingerprint density at radius 3 is 3.06 bits per heavy atom. The maximum atomic E-state index is 11.5. The van der Waals surface area contributed by atoms with E-state index in [1.165, 1.54) is 26.3 Å². The Kier molecular flexibility index (Phi) is 2.58. The van der Waals surface area contributed by atoms with Gasteiger partial charge in [0.2, 0.25) is 5.95 Å². The van der Waals surface area contributed by atoms with Gasteiger partial charge in [0.1, 0.15) is 6.33 Å². The van der Waals surface area contributed by atoms with Gasteiger partial charge in [-0.3, -0.25) is 0 Å². The summed E-state index contributed by atoms with van der Waals surface area (Å²) in [5.74, 6) is 0.764. The lowest BCUT2D eigenvalue weighted by Crippen LogP contribution is -2.07. The molecule has 94 valence electrons. The molecular formula is C11H13N5O2. The second kappa shape index (κ2) is 4.25. The number of nitrogens with zero attached hydrogens (tertiary/aromatic N) is 4. The van der Waals surface area contributed by atoms with Crippen LogP contribution in [0.15, 0.2) is 12.4 Å². The molecule has 0 spiro atoms. The smallest absolute Gasteiger partial charge is 0.358 e. The van der Waals surface area contributed by atoms with Gasteiger partial charge in [-0.15, -0.1) is 0 Å². The zero-order valence-corrected chi connectivity index (χ0v) is 9.96. The first kappa shape index (κ1) is 10.9. The Morgan fingerprint density at radius 2 is 2.44 bits per heavy atom. The molecule has 0 bridgehead atoms. The van der Waals surface area contributed by atoms with Gasteiger partial charge >= 0.3 is 5.97 Å². The second-order valence-electron chi connectivity index (χ2n) is 4.38. The van der Waals surface area contributed by atoms with E-state index in [1.54, 1.807) is 10.7 Å². The summed E-state index contributed by atoms with van der Waals surface area (Å²) in [7, 11) is 1.34. The van der Waals surface area contributed by atoms with Crippen molar-refractivity contribution in [3.63, 3.8) is 0 Å². The number of nitrogens with one attached hydrogen (secondary N) is 1. The summed E-state index contributed by atoms with van der Waals surface area (Å²) in [5, 5.41) is 10.8. The van der Waals surface area contributed by atoms with Crippen molar-refractivity contribution in [1.82, 2.24) is 25.0 Å². The summed E-state index contributed by atoms with van der Waals surface area (Å²) in [5.41, 5.74) is 1.25. The lowest BCUT2D eigenvalue weighted by molar-refractivity contribution is 0.0593. The minimum atomic E-state index is -0.440. The first-order valence-corrected chi connectivity index (χ1v) is 5.81. The number of hydrogen-bond donors (Lipinski definition) is 1. The number of H-pyrrole nitrogens is 1. The number of aromatic nitrogens is 5. The molecule has 18 heavy (non-hydrogen) atoms. The Hall–Kier alpha value is -2.18. The van der Waals surface area contributed by atoms with E-state index >= 15 is 0 Å². The van der Waals surface area contributed by atoms with E-state index in [4.69, 9.17) is 0 Å². The van der Waals surface area contributed by atoms with E-state index in [1.807, 2.05) is 0 Å². The monoisotopic (exact) mass is 247 g/mol. The van der Waals surface area contributed by atoms with Crippen LogP contribution in [0.3, 0.4) is 0 Å². The molecule has 0 aromatic carbocycles. The molecule has 3 rings (SSSR count). The van der Waals surface area contributed by atoms with Crippen LogP contribution in [0.5, 0.6) is 0 Å². The SMILES string of the molecule is COC(=O)c1cc(CC2CC2)n(-c2ncn[nH]2)n1. The van der Waals surface area contributed by atoms with Crippen LogP contribution in [-0.4, -0.2) is 38.0 Å². The van der Waals surface area contributed by atoms with Crippen molar-refractivity contribution in [3.05, 3.63) is 23.8 Å². The van der Waals surface area contributed by atoms with Crippen LogP contribution in [0.2, 0.25) is 0 Å². The summed E-state index contributed by atoms with van der Waals surface area (Å²) in [6.45, 7) is 0. The van der Waals surface area contributed by atoms with Crippen LogP contribution in [-0.2, 0) is 11.2 Å². The maximum absolute atomic E-state index is 11.5. The number of ether oxygens (including phenoxy) is 1. The number of aromatic amines is 1. The Balaban J connectivity index is 1.98. The van der Waals surface area contributed by atoms with Gasteiger partial charge < -0.3 is 4.74 Å². The first-order valence-electron chi connectivity index (χ1n) is 5.81. The van der Waals surface area contributed by atoms with Gasteiger partial charge in [0, 0.05) is 5.69 Å². The van der Waals surface area contributed by atoms with Gasteiger partial charge in [-0.1, -0.05) is 0 Å². The van der Waals surface area contributed by atoms with Gasteiger partial charge in [-0.25, -0.2) is 14.6 Å². The highest BCUT2D eigenvalue weighted by molar-refractivity contribution is 5.87. The molecule has 0 saturated heterocycles. The molecular weight excluding hydrogens is 234 g/mol. The van der Waals surface area contributed by atoms with Crippen molar-refractivity contribution >= 4 is 5.97 Å². The molecule has 0 unspecified atom stereocenters. The molecule has 2 heterocycles. The van der Waals surface area contributed by atoms with Crippen molar-refractivity contribution in [1.29, 1.82) is 0 Å². The minimum absolute atomic E-state index is 0.296. The third-order valence-corrected chi connectivity index (χ3v) is 2.98. The van der Waals surface area contributed by atoms with E-state index in [2.05, 4.69) is 25.0 Å².